The van der Waals surface area contributed by atoms with E-state index in [4.69, 9.17) is 4.74 Å². The summed E-state index contributed by atoms with van der Waals surface area (Å²) in [6, 6.07) is 0. The van der Waals surface area contributed by atoms with Gasteiger partial charge in [0.05, 0.1) is 5.41 Å². The second-order valence-electron chi connectivity index (χ2n) is 12.2. The molecule has 2 nitrogen and oxygen atoms in total. The fraction of sp³-hybridized carbons (Fsp3) is 0.958. The third-order valence-electron chi connectivity index (χ3n) is 9.05. The van der Waals surface area contributed by atoms with Gasteiger partial charge in [0.25, 0.3) is 0 Å². The fourth-order valence-corrected chi connectivity index (χ4v) is 7.68. The minimum Gasteiger partial charge on any atom is -0.458 e. The van der Waals surface area contributed by atoms with Crippen molar-refractivity contribution in [2.45, 2.75) is 105 Å². The van der Waals surface area contributed by atoms with E-state index in [0.29, 0.717) is 11.8 Å². The van der Waals surface area contributed by atoms with Gasteiger partial charge in [0.1, 0.15) is 5.60 Å². The van der Waals surface area contributed by atoms with E-state index < -0.39 is 0 Å². The number of carbonyl (C=O) groups is 1. The van der Waals surface area contributed by atoms with E-state index in [1.165, 1.54) is 32.1 Å². The summed E-state index contributed by atoms with van der Waals surface area (Å²) in [5, 5.41) is 0. The largest absolute Gasteiger partial charge is 0.458 e. The van der Waals surface area contributed by atoms with Gasteiger partial charge in [-0.2, -0.15) is 0 Å². The molecular formula is C24H40O2. The van der Waals surface area contributed by atoms with E-state index in [9.17, 15) is 4.79 Å². The number of rotatable bonds is 4. The molecule has 148 valence electrons. The van der Waals surface area contributed by atoms with Gasteiger partial charge in [-0.3, -0.25) is 4.79 Å². The van der Waals surface area contributed by atoms with Crippen LogP contribution in [0.5, 0.6) is 0 Å². The molecule has 0 saturated heterocycles. The molecule has 0 heterocycles. The lowest BCUT2D eigenvalue weighted by atomic mass is 9.46. The van der Waals surface area contributed by atoms with Crippen molar-refractivity contribution < 1.29 is 9.53 Å². The molecule has 5 fully saturated rings. The van der Waals surface area contributed by atoms with Crippen molar-refractivity contribution >= 4 is 5.97 Å². The second kappa shape index (κ2) is 5.74. The van der Waals surface area contributed by atoms with Crippen molar-refractivity contribution in [2.24, 2.45) is 39.9 Å². The molecule has 1 unspecified atom stereocenters. The molecule has 0 radical (unpaired) electrons. The van der Waals surface area contributed by atoms with Crippen molar-refractivity contribution in [3.05, 3.63) is 0 Å². The summed E-state index contributed by atoms with van der Waals surface area (Å²) < 4.78 is 6.71. The molecule has 0 aromatic carbocycles. The first-order valence-electron chi connectivity index (χ1n) is 11.2. The standard InChI is InChI=1S/C24H40O2/c1-7-24(18-11-16-10-17(13-18)14-19(24)12-16)26-20(25)23(15-21(2,3)4)9-8-22(23,5)6/h16-19H,7-15H2,1-6H3. The lowest BCUT2D eigenvalue weighted by Crippen LogP contribution is -2.63. The molecule has 0 aromatic rings. The molecule has 1 atom stereocenters. The van der Waals surface area contributed by atoms with Crippen LogP contribution in [0.25, 0.3) is 0 Å². The molecule has 0 aromatic heterocycles. The molecule has 0 amide bonds. The maximum atomic E-state index is 13.8. The van der Waals surface area contributed by atoms with E-state index in [-0.39, 0.29) is 27.8 Å². The Morgan fingerprint density at radius 3 is 1.85 bits per heavy atom. The minimum atomic E-state index is -0.276. The van der Waals surface area contributed by atoms with E-state index in [2.05, 4.69) is 41.5 Å². The van der Waals surface area contributed by atoms with Crippen LogP contribution in [0.2, 0.25) is 0 Å². The third-order valence-corrected chi connectivity index (χ3v) is 9.05. The number of hydrogen-bond acceptors (Lipinski definition) is 2. The summed E-state index contributed by atoms with van der Waals surface area (Å²) in [5.74, 6) is 3.24. The van der Waals surface area contributed by atoms with Crippen LogP contribution < -0.4 is 0 Å². The summed E-state index contributed by atoms with van der Waals surface area (Å²) >= 11 is 0. The number of ether oxygens (including phenoxy) is 1. The van der Waals surface area contributed by atoms with Gasteiger partial charge in [-0.05, 0) is 92.3 Å². The highest BCUT2D eigenvalue weighted by atomic mass is 16.6. The summed E-state index contributed by atoms with van der Waals surface area (Å²) in [6.45, 7) is 13.7. The van der Waals surface area contributed by atoms with Gasteiger partial charge in [-0.1, -0.05) is 41.5 Å². The monoisotopic (exact) mass is 360 g/mol. The van der Waals surface area contributed by atoms with E-state index in [1.807, 2.05) is 0 Å². The smallest absolute Gasteiger partial charge is 0.313 e. The highest BCUT2D eigenvalue weighted by Gasteiger charge is 2.64. The van der Waals surface area contributed by atoms with Gasteiger partial charge in [-0.15, -0.1) is 0 Å². The Hall–Kier alpha value is -0.530. The second-order valence-corrected chi connectivity index (χ2v) is 12.2. The molecule has 5 aliphatic carbocycles. The number of esters is 1. The molecule has 0 N–H and O–H groups in total. The summed E-state index contributed by atoms with van der Waals surface area (Å²) in [6.07, 6.45) is 10.8. The van der Waals surface area contributed by atoms with E-state index in [0.717, 1.165) is 37.5 Å². The highest BCUT2D eigenvalue weighted by Crippen LogP contribution is 2.65. The van der Waals surface area contributed by atoms with Crippen LogP contribution in [-0.2, 0) is 9.53 Å². The van der Waals surface area contributed by atoms with Crippen LogP contribution in [0.1, 0.15) is 99.3 Å². The average molecular weight is 361 g/mol. The van der Waals surface area contributed by atoms with Crippen molar-refractivity contribution in [1.82, 2.24) is 0 Å². The SMILES string of the molecule is CCC1(OC(=O)C2(CC(C)(C)C)CCC2(C)C)C2CC3CC(C2)CC1C3. The maximum absolute atomic E-state index is 13.8. The molecule has 5 aliphatic rings. The molecular weight excluding hydrogens is 320 g/mol. The molecule has 5 rings (SSSR count). The van der Waals surface area contributed by atoms with Crippen LogP contribution in [0.4, 0.5) is 0 Å². The lowest BCUT2D eigenvalue weighted by molar-refractivity contribution is -0.235. The van der Waals surface area contributed by atoms with Crippen molar-refractivity contribution in [3.63, 3.8) is 0 Å². The van der Waals surface area contributed by atoms with Gasteiger partial charge in [0.15, 0.2) is 0 Å². The van der Waals surface area contributed by atoms with Crippen LogP contribution in [-0.4, -0.2) is 11.6 Å². The zero-order chi connectivity index (χ0) is 19.0. The molecule has 4 bridgehead atoms. The Kier molecular flexibility index (Phi) is 4.15. The van der Waals surface area contributed by atoms with Crippen LogP contribution >= 0.6 is 0 Å². The van der Waals surface area contributed by atoms with E-state index in [1.54, 1.807) is 0 Å². The van der Waals surface area contributed by atoms with Crippen molar-refractivity contribution in [3.8, 4) is 0 Å². The topological polar surface area (TPSA) is 26.3 Å². The Morgan fingerprint density at radius 1 is 0.962 bits per heavy atom. The summed E-state index contributed by atoms with van der Waals surface area (Å²) in [5.41, 5.74) is -0.207. The Bertz CT molecular complexity index is 554. The molecule has 0 spiro atoms. The Balaban J connectivity index is 1.61. The predicted molar refractivity (Wildman–Crippen MR) is 106 cm³/mol. The molecule has 26 heavy (non-hydrogen) atoms. The zero-order valence-electron chi connectivity index (χ0n) is 18.0. The zero-order valence-corrected chi connectivity index (χ0v) is 18.0. The van der Waals surface area contributed by atoms with Gasteiger partial charge < -0.3 is 4.74 Å². The molecule has 0 aliphatic heterocycles. The van der Waals surface area contributed by atoms with Gasteiger partial charge in [0, 0.05) is 0 Å². The Morgan fingerprint density at radius 2 is 1.50 bits per heavy atom. The quantitative estimate of drug-likeness (QED) is 0.544. The van der Waals surface area contributed by atoms with E-state index >= 15 is 0 Å². The molecule has 2 heteroatoms. The first kappa shape index (κ1) is 18.8. The van der Waals surface area contributed by atoms with Crippen molar-refractivity contribution in [2.75, 3.05) is 0 Å². The third kappa shape index (κ3) is 2.60. The number of hydrogen-bond donors (Lipinski definition) is 0. The van der Waals surface area contributed by atoms with Crippen molar-refractivity contribution in [1.29, 1.82) is 0 Å². The van der Waals surface area contributed by atoms with Gasteiger partial charge in [0.2, 0.25) is 0 Å². The maximum Gasteiger partial charge on any atom is 0.313 e. The first-order chi connectivity index (χ1) is 12.0. The predicted octanol–water partition coefficient (Wildman–Crippen LogP) is 6.38. The lowest BCUT2D eigenvalue weighted by Gasteiger charge is -2.62. The van der Waals surface area contributed by atoms with Crippen LogP contribution in [0.15, 0.2) is 0 Å². The van der Waals surface area contributed by atoms with Crippen LogP contribution in [0.3, 0.4) is 0 Å². The minimum absolute atomic E-state index is 0.0677. The van der Waals surface area contributed by atoms with Crippen LogP contribution in [0, 0.1) is 39.9 Å². The Labute approximate surface area is 160 Å². The summed E-state index contributed by atoms with van der Waals surface area (Å²) in [4.78, 5) is 13.8. The van der Waals surface area contributed by atoms with Gasteiger partial charge >= 0.3 is 5.97 Å². The van der Waals surface area contributed by atoms with Gasteiger partial charge in [-0.25, -0.2) is 0 Å². The average Bonchev–Trinajstić information content (AvgIpc) is 2.53. The normalized spacial score (nSPS) is 46.1. The first-order valence-corrected chi connectivity index (χ1v) is 11.2. The fourth-order valence-electron chi connectivity index (χ4n) is 7.68. The summed E-state index contributed by atoms with van der Waals surface area (Å²) in [7, 11) is 0. The molecule has 5 saturated carbocycles. The number of carbonyl (C=O) groups excluding carboxylic acids is 1. The highest BCUT2D eigenvalue weighted by molar-refractivity contribution is 5.80.